The van der Waals surface area contributed by atoms with E-state index in [4.69, 9.17) is 4.52 Å². The molecule has 1 amide bonds. The number of amides is 1. The second-order valence-corrected chi connectivity index (χ2v) is 7.56. The smallest absolute Gasteiger partial charge is 0.230 e. The minimum absolute atomic E-state index is 0.0259. The molecule has 140 valence electrons. The van der Waals surface area contributed by atoms with Crippen LogP contribution in [0.1, 0.15) is 35.5 Å². The average Bonchev–Trinajstić information content (AvgIpc) is 3.01. The van der Waals surface area contributed by atoms with E-state index in [0.29, 0.717) is 5.75 Å². The molecule has 4 nitrogen and oxygen atoms in total. The van der Waals surface area contributed by atoms with Crippen LogP contribution in [0.15, 0.2) is 59.1 Å². The molecule has 0 saturated carbocycles. The highest BCUT2D eigenvalue weighted by Gasteiger charge is 2.12. The molecule has 27 heavy (non-hydrogen) atoms. The third-order valence-corrected chi connectivity index (χ3v) is 5.52. The Balaban J connectivity index is 1.51. The van der Waals surface area contributed by atoms with Crippen molar-refractivity contribution in [3.63, 3.8) is 0 Å². The van der Waals surface area contributed by atoms with Gasteiger partial charge in [0.15, 0.2) is 0 Å². The molecule has 1 N–H and O–H groups in total. The second kappa shape index (κ2) is 8.91. The van der Waals surface area contributed by atoms with Crippen LogP contribution in [0, 0.1) is 13.8 Å². The Morgan fingerprint density at radius 1 is 1.07 bits per heavy atom. The number of carbonyl (C=O) groups excluding carboxylic acids is 1. The Labute approximate surface area is 164 Å². The van der Waals surface area contributed by atoms with E-state index in [1.807, 2.05) is 39.0 Å². The first-order valence-electron chi connectivity index (χ1n) is 8.99. The van der Waals surface area contributed by atoms with Gasteiger partial charge in [-0.2, -0.15) is 0 Å². The Morgan fingerprint density at radius 3 is 2.37 bits per heavy atom. The summed E-state index contributed by atoms with van der Waals surface area (Å²) < 4.78 is 5.15. The zero-order valence-corrected chi connectivity index (χ0v) is 16.7. The largest absolute Gasteiger partial charge is 0.361 e. The van der Waals surface area contributed by atoms with Crippen LogP contribution in [0.3, 0.4) is 0 Å². The van der Waals surface area contributed by atoms with E-state index in [-0.39, 0.29) is 11.9 Å². The molecule has 0 spiro atoms. The molecule has 5 heteroatoms. The highest BCUT2D eigenvalue weighted by atomic mass is 32.2. The Morgan fingerprint density at radius 2 is 1.74 bits per heavy atom. The SMILES string of the molecule is Cc1noc(C)c1CSCC(=O)NC(C)c1ccc(-c2ccccc2)cc1. The fraction of sp³-hybridized carbons (Fsp3) is 0.273. The van der Waals surface area contributed by atoms with Crippen molar-refractivity contribution in [1.82, 2.24) is 10.5 Å². The summed E-state index contributed by atoms with van der Waals surface area (Å²) in [5, 5.41) is 7.01. The number of hydrogen-bond acceptors (Lipinski definition) is 4. The van der Waals surface area contributed by atoms with E-state index in [9.17, 15) is 4.79 Å². The highest BCUT2D eigenvalue weighted by molar-refractivity contribution is 7.99. The van der Waals surface area contributed by atoms with Crippen LogP contribution in [-0.4, -0.2) is 16.8 Å². The molecule has 1 atom stereocenters. The summed E-state index contributed by atoms with van der Waals surface area (Å²) >= 11 is 1.57. The fourth-order valence-corrected chi connectivity index (χ4v) is 3.90. The van der Waals surface area contributed by atoms with Crippen LogP contribution in [0.25, 0.3) is 11.1 Å². The standard InChI is InChI=1S/C22H24N2O2S/c1-15(18-9-11-20(12-10-18)19-7-5-4-6-8-19)23-22(25)14-27-13-21-16(2)24-26-17(21)3/h4-12,15H,13-14H2,1-3H3,(H,23,25). The van der Waals surface area contributed by atoms with E-state index < -0.39 is 0 Å². The lowest BCUT2D eigenvalue weighted by Gasteiger charge is -2.15. The van der Waals surface area contributed by atoms with Gasteiger partial charge < -0.3 is 9.84 Å². The Kier molecular flexibility index (Phi) is 6.35. The number of rotatable bonds is 7. The zero-order valence-electron chi connectivity index (χ0n) is 15.9. The molecule has 0 fully saturated rings. The van der Waals surface area contributed by atoms with Crippen LogP contribution >= 0.6 is 11.8 Å². The molecule has 1 aromatic heterocycles. The number of nitrogens with zero attached hydrogens (tertiary/aromatic N) is 1. The summed E-state index contributed by atoms with van der Waals surface area (Å²) in [6.07, 6.45) is 0. The minimum atomic E-state index is -0.0259. The van der Waals surface area contributed by atoms with Crippen molar-refractivity contribution in [1.29, 1.82) is 0 Å². The van der Waals surface area contributed by atoms with Gasteiger partial charge in [-0.15, -0.1) is 11.8 Å². The van der Waals surface area contributed by atoms with E-state index in [1.165, 1.54) is 11.1 Å². The molecule has 0 aliphatic rings. The van der Waals surface area contributed by atoms with Gasteiger partial charge in [0.25, 0.3) is 0 Å². The third kappa shape index (κ3) is 5.01. The summed E-state index contributed by atoms with van der Waals surface area (Å²) in [5.41, 5.74) is 5.44. The lowest BCUT2D eigenvalue weighted by Crippen LogP contribution is -2.28. The van der Waals surface area contributed by atoms with Gasteiger partial charge in [-0.25, -0.2) is 0 Å². The van der Waals surface area contributed by atoms with Gasteiger partial charge in [0.1, 0.15) is 5.76 Å². The molecular weight excluding hydrogens is 356 g/mol. The minimum Gasteiger partial charge on any atom is -0.361 e. The summed E-state index contributed by atoms with van der Waals surface area (Å²) in [6.45, 7) is 5.83. The van der Waals surface area contributed by atoms with Crippen LogP contribution < -0.4 is 5.32 Å². The summed E-state index contributed by atoms with van der Waals surface area (Å²) in [6, 6.07) is 18.6. The molecule has 3 rings (SSSR count). The summed E-state index contributed by atoms with van der Waals surface area (Å²) in [4.78, 5) is 12.2. The molecule has 3 aromatic rings. The molecule has 0 bridgehead atoms. The third-order valence-electron chi connectivity index (χ3n) is 4.56. The quantitative estimate of drug-likeness (QED) is 0.622. The zero-order chi connectivity index (χ0) is 19.2. The molecule has 1 heterocycles. The predicted molar refractivity (Wildman–Crippen MR) is 111 cm³/mol. The predicted octanol–water partition coefficient (Wildman–Crippen LogP) is 5.07. The van der Waals surface area contributed by atoms with E-state index in [2.05, 4.69) is 46.9 Å². The first-order valence-corrected chi connectivity index (χ1v) is 10.1. The number of aromatic nitrogens is 1. The molecule has 0 aliphatic carbocycles. The van der Waals surface area contributed by atoms with Gasteiger partial charge in [0, 0.05) is 11.3 Å². The van der Waals surface area contributed by atoms with Gasteiger partial charge in [-0.05, 0) is 37.5 Å². The van der Waals surface area contributed by atoms with Crippen molar-refractivity contribution < 1.29 is 9.32 Å². The first kappa shape index (κ1) is 19.2. The lowest BCUT2D eigenvalue weighted by atomic mass is 10.0. The molecule has 0 radical (unpaired) electrons. The van der Waals surface area contributed by atoms with Gasteiger partial charge in [-0.1, -0.05) is 59.8 Å². The lowest BCUT2D eigenvalue weighted by molar-refractivity contribution is -0.119. The number of thioether (sulfide) groups is 1. The first-order chi connectivity index (χ1) is 13.0. The molecular formula is C22H24N2O2S. The normalized spacial score (nSPS) is 12.0. The van der Waals surface area contributed by atoms with E-state index in [0.717, 1.165) is 28.3 Å². The average molecular weight is 381 g/mol. The van der Waals surface area contributed by atoms with Crippen molar-refractivity contribution in [2.24, 2.45) is 0 Å². The number of benzene rings is 2. The number of nitrogens with one attached hydrogen (secondary N) is 1. The Bertz CT molecular complexity index is 869. The van der Waals surface area contributed by atoms with Gasteiger partial charge in [0.05, 0.1) is 17.5 Å². The van der Waals surface area contributed by atoms with Gasteiger partial charge in [-0.3, -0.25) is 4.79 Å². The maximum Gasteiger partial charge on any atom is 0.230 e. The van der Waals surface area contributed by atoms with Crippen LogP contribution in [-0.2, 0) is 10.5 Å². The molecule has 1 unspecified atom stereocenters. The van der Waals surface area contributed by atoms with Crippen molar-refractivity contribution in [2.75, 3.05) is 5.75 Å². The molecule has 0 aliphatic heterocycles. The van der Waals surface area contributed by atoms with Gasteiger partial charge >= 0.3 is 0 Å². The monoisotopic (exact) mass is 380 g/mol. The fourth-order valence-electron chi connectivity index (χ4n) is 2.92. The number of carbonyl (C=O) groups is 1. The Hall–Kier alpha value is -2.53. The van der Waals surface area contributed by atoms with E-state index in [1.54, 1.807) is 11.8 Å². The van der Waals surface area contributed by atoms with Crippen LogP contribution in [0.4, 0.5) is 0 Å². The number of hydrogen-bond donors (Lipinski definition) is 1. The topological polar surface area (TPSA) is 55.1 Å². The second-order valence-electron chi connectivity index (χ2n) is 6.57. The van der Waals surface area contributed by atoms with Crippen LogP contribution in [0.5, 0.6) is 0 Å². The summed E-state index contributed by atoms with van der Waals surface area (Å²) in [5.74, 6) is 2.00. The summed E-state index contributed by atoms with van der Waals surface area (Å²) in [7, 11) is 0. The highest BCUT2D eigenvalue weighted by Crippen LogP contribution is 2.22. The van der Waals surface area contributed by atoms with E-state index >= 15 is 0 Å². The maximum atomic E-state index is 12.2. The van der Waals surface area contributed by atoms with Crippen molar-refractivity contribution >= 4 is 17.7 Å². The maximum absolute atomic E-state index is 12.2. The number of aryl methyl sites for hydroxylation is 2. The van der Waals surface area contributed by atoms with Crippen LogP contribution in [0.2, 0.25) is 0 Å². The molecule has 0 saturated heterocycles. The van der Waals surface area contributed by atoms with Crippen molar-refractivity contribution in [2.45, 2.75) is 32.6 Å². The van der Waals surface area contributed by atoms with Crippen molar-refractivity contribution in [3.05, 3.63) is 77.2 Å². The van der Waals surface area contributed by atoms with Crippen molar-refractivity contribution in [3.8, 4) is 11.1 Å². The van der Waals surface area contributed by atoms with Gasteiger partial charge in [0.2, 0.25) is 5.91 Å². The molecule has 2 aromatic carbocycles.